The fourth-order valence-corrected chi connectivity index (χ4v) is 4.46. The van der Waals surface area contributed by atoms with Gasteiger partial charge in [-0.25, -0.2) is 4.98 Å². The Morgan fingerprint density at radius 3 is 2.40 bits per heavy atom. The maximum absolute atomic E-state index is 13.3. The van der Waals surface area contributed by atoms with Crippen LogP contribution in [0.3, 0.4) is 0 Å². The van der Waals surface area contributed by atoms with Gasteiger partial charge in [-0.3, -0.25) is 9.59 Å². The first-order valence-corrected chi connectivity index (χ1v) is 13.1. The predicted octanol–water partition coefficient (Wildman–Crippen LogP) is 6.03. The molecule has 214 valence electrons. The lowest BCUT2D eigenvalue weighted by atomic mass is 10.0. The van der Waals surface area contributed by atoms with Crippen molar-refractivity contribution in [2.45, 2.75) is 53.6 Å². The van der Waals surface area contributed by atoms with E-state index in [1.54, 1.807) is 0 Å². The Morgan fingerprint density at radius 1 is 1.05 bits per heavy atom. The highest BCUT2D eigenvalue weighted by Crippen LogP contribution is 2.31. The van der Waals surface area contributed by atoms with E-state index in [9.17, 15) is 9.59 Å². The second kappa shape index (κ2) is 13.1. The maximum Gasteiger partial charge on any atom is 0.254 e. The summed E-state index contributed by atoms with van der Waals surface area (Å²) in [6.07, 6.45) is 0.708. The van der Waals surface area contributed by atoms with Crippen molar-refractivity contribution in [2.24, 2.45) is 0 Å². The molecular weight excluding hydrogens is 504 g/mol. The summed E-state index contributed by atoms with van der Waals surface area (Å²) in [7, 11) is 0. The number of fused-ring (bicyclic) bond motifs is 2. The fraction of sp³-hybridized carbons (Fsp3) is 0.312. The lowest BCUT2D eigenvalue weighted by molar-refractivity contribution is -0.110. The van der Waals surface area contributed by atoms with Crippen LogP contribution in [0, 0.1) is 20.8 Å². The monoisotopic (exact) mass is 546 g/mol. The van der Waals surface area contributed by atoms with Crippen molar-refractivity contribution >= 4 is 30.1 Å². The van der Waals surface area contributed by atoms with Gasteiger partial charge in [0.25, 0.3) is 5.91 Å². The number of carbonyl (C=O) groups is 3. The highest BCUT2D eigenvalue weighted by Gasteiger charge is 2.22. The number of nitrogens with one attached hydrogen (secondary N) is 2. The molecule has 2 N–H and O–H groups in total. The van der Waals surface area contributed by atoms with E-state index in [1.165, 1.54) is 0 Å². The number of ether oxygens (including phenoxy) is 1. The van der Waals surface area contributed by atoms with Gasteiger partial charge in [0.05, 0.1) is 17.6 Å². The minimum absolute atomic E-state index is 0. The van der Waals surface area contributed by atoms with E-state index in [4.69, 9.17) is 9.53 Å². The Labute approximate surface area is 238 Å². The molecule has 0 bridgehead atoms. The molecule has 1 aromatic heterocycles. The van der Waals surface area contributed by atoms with Gasteiger partial charge >= 0.3 is 0 Å². The molecule has 0 spiro atoms. The normalized spacial score (nSPS) is 12.5. The Morgan fingerprint density at radius 2 is 1.75 bits per heavy atom. The predicted molar refractivity (Wildman–Crippen MR) is 163 cm³/mol. The summed E-state index contributed by atoms with van der Waals surface area (Å²) in [6, 6.07) is 18.4. The van der Waals surface area contributed by atoms with Gasteiger partial charge in [0, 0.05) is 26.1 Å². The molecule has 0 unspecified atom stereocenters. The van der Waals surface area contributed by atoms with Crippen LogP contribution >= 0.6 is 0 Å². The fourth-order valence-electron chi connectivity index (χ4n) is 4.46. The Balaban J connectivity index is 0.000000709. The number of aromatic nitrogens is 2. The van der Waals surface area contributed by atoms with Crippen molar-refractivity contribution in [1.29, 1.82) is 0 Å². The first-order chi connectivity index (χ1) is 19.0. The average molecular weight is 547 g/mol. The van der Waals surface area contributed by atoms with Crippen LogP contribution in [0.15, 0.2) is 54.6 Å². The molecule has 0 saturated carbocycles. The van der Waals surface area contributed by atoms with Gasteiger partial charge in [0.15, 0.2) is 0 Å². The van der Waals surface area contributed by atoms with Crippen molar-refractivity contribution in [3.8, 4) is 16.9 Å². The largest absolute Gasteiger partial charge is 0.491 e. The van der Waals surface area contributed by atoms with Crippen LogP contribution < -0.4 is 10.1 Å². The summed E-state index contributed by atoms with van der Waals surface area (Å²) in [5, 5.41) is 2.60. The third-order valence-corrected chi connectivity index (χ3v) is 6.37. The number of hydrogen-bond acceptors (Lipinski definition) is 5. The number of rotatable bonds is 3. The Hall–Kier alpha value is -4.46. The highest BCUT2D eigenvalue weighted by molar-refractivity contribution is 5.95. The SMILES string of the molecule is C=O.CC(C)(C)NC=O.Cc1ccc(C(=O)N2CCOc3ccc(-c4ccc5nc(C)[nH]c5c4)cc3C2)c(C)c1.[HH].[HH]. The molecule has 3 aromatic carbocycles. The molecule has 2 amide bonds. The molecule has 5 rings (SSSR count). The van der Waals surface area contributed by atoms with Crippen LogP contribution in [-0.4, -0.2) is 52.7 Å². The Bertz CT molecular complexity index is 1500. The average Bonchev–Trinajstić information content (AvgIpc) is 3.14. The quantitative estimate of drug-likeness (QED) is 0.306. The molecule has 2 heterocycles. The van der Waals surface area contributed by atoms with Crippen LogP contribution in [0.2, 0.25) is 0 Å². The molecule has 0 aliphatic carbocycles. The Kier molecular flexibility index (Phi) is 9.82. The third kappa shape index (κ3) is 7.56. The standard InChI is InChI=1S/C26H25N3O2.C5H11NO.CH2O.2H2/c1-16-4-7-22(17(2)12-16)26(30)29-10-11-31-25-9-6-19(13-21(25)15-29)20-5-8-23-24(14-20)28-18(3)27-23;1-5(2,3)6-4-7;1-2;;/h4-9,12-14H,10-11,15H2,1-3H3,(H,27,28);4H,1-3H3,(H,6,7);1H2;2*1H. The molecule has 0 saturated heterocycles. The van der Waals surface area contributed by atoms with Gasteiger partial charge < -0.3 is 24.7 Å². The van der Waals surface area contributed by atoms with Crippen molar-refractivity contribution in [1.82, 2.24) is 20.2 Å². The van der Waals surface area contributed by atoms with Crippen LogP contribution in [0.4, 0.5) is 0 Å². The van der Waals surface area contributed by atoms with E-state index in [0.717, 1.165) is 56.0 Å². The van der Waals surface area contributed by atoms with Crippen LogP contribution in [-0.2, 0) is 16.1 Å². The van der Waals surface area contributed by atoms with E-state index >= 15 is 0 Å². The number of amides is 2. The number of aryl methyl sites for hydroxylation is 3. The third-order valence-electron chi connectivity index (χ3n) is 6.37. The first kappa shape index (κ1) is 30.1. The smallest absolute Gasteiger partial charge is 0.254 e. The summed E-state index contributed by atoms with van der Waals surface area (Å²) in [4.78, 5) is 40.6. The highest BCUT2D eigenvalue weighted by atomic mass is 16.5. The van der Waals surface area contributed by atoms with Crippen LogP contribution in [0.1, 0.15) is 56.5 Å². The number of hydrogen-bond donors (Lipinski definition) is 2. The van der Waals surface area contributed by atoms with Gasteiger partial charge in [-0.05, 0) is 88.6 Å². The number of nitrogens with zero attached hydrogens (tertiary/aromatic N) is 2. The summed E-state index contributed by atoms with van der Waals surface area (Å²) < 4.78 is 5.97. The number of imidazole rings is 1. The zero-order chi connectivity index (χ0) is 29.4. The number of carbonyl (C=O) groups excluding carboxylic acids is 3. The molecule has 8 nitrogen and oxygen atoms in total. The molecule has 0 atom stereocenters. The van der Waals surface area contributed by atoms with E-state index in [0.29, 0.717) is 26.1 Å². The lowest BCUT2D eigenvalue weighted by Gasteiger charge is -2.21. The van der Waals surface area contributed by atoms with Crippen LogP contribution in [0.25, 0.3) is 22.2 Å². The minimum Gasteiger partial charge on any atom is -0.491 e. The topological polar surface area (TPSA) is 104 Å². The number of benzene rings is 3. The summed E-state index contributed by atoms with van der Waals surface area (Å²) in [5.74, 6) is 1.80. The van der Waals surface area contributed by atoms with Gasteiger partial charge in [-0.15, -0.1) is 0 Å². The molecule has 40 heavy (non-hydrogen) atoms. The zero-order valence-electron chi connectivity index (χ0n) is 24.1. The van der Waals surface area contributed by atoms with Gasteiger partial charge in [0.2, 0.25) is 6.41 Å². The number of aromatic amines is 1. The molecule has 4 aromatic rings. The van der Waals surface area contributed by atoms with Crippen molar-refractivity contribution in [2.75, 3.05) is 13.2 Å². The van der Waals surface area contributed by atoms with Gasteiger partial charge in [-0.1, -0.05) is 29.8 Å². The van der Waals surface area contributed by atoms with Crippen molar-refractivity contribution < 1.29 is 22.0 Å². The number of H-pyrrole nitrogens is 1. The van der Waals surface area contributed by atoms with E-state index in [2.05, 4.69) is 45.6 Å². The first-order valence-electron chi connectivity index (χ1n) is 13.1. The molecule has 1 aliphatic rings. The summed E-state index contributed by atoms with van der Waals surface area (Å²) in [5.41, 5.74) is 8.06. The van der Waals surface area contributed by atoms with Gasteiger partial charge in [-0.2, -0.15) is 0 Å². The minimum atomic E-state index is -0.0677. The van der Waals surface area contributed by atoms with Crippen LogP contribution in [0.5, 0.6) is 5.75 Å². The molecule has 0 radical (unpaired) electrons. The van der Waals surface area contributed by atoms with Gasteiger partial charge in [0.1, 0.15) is 25.0 Å². The lowest BCUT2D eigenvalue weighted by Crippen LogP contribution is -2.34. The van der Waals surface area contributed by atoms with Crippen molar-refractivity contribution in [3.05, 3.63) is 82.7 Å². The molecule has 1 aliphatic heterocycles. The molecular formula is C32H42N4O4. The summed E-state index contributed by atoms with van der Waals surface area (Å²) in [6.45, 7) is 15.4. The molecule has 8 heteroatoms. The van der Waals surface area contributed by atoms with E-state index < -0.39 is 0 Å². The van der Waals surface area contributed by atoms with Crippen molar-refractivity contribution in [3.63, 3.8) is 0 Å². The van der Waals surface area contributed by atoms with E-state index in [-0.39, 0.29) is 14.3 Å². The molecule has 0 fully saturated rings. The van der Waals surface area contributed by atoms with E-state index in [1.807, 2.05) is 77.5 Å². The second-order valence-electron chi connectivity index (χ2n) is 10.8. The summed E-state index contributed by atoms with van der Waals surface area (Å²) >= 11 is 0. The maximum atomic E-state index is 13.3. The second-order valence-corrected chi connectivity index (χ2v) is 10.8. The zero-order valence-corrected chi connectivity index (χ0v) is 24.1.